The van der Waals surface area contributed by atoms with Gasteiger partial charge in [0.15, 0.2) is 0 Å². The number of carboxylic acid groups (broad SMARTS) is 1. The Kier molecular flexibility index (Phi) is 6.71. The number of amides is 2. The first-order chi connectivity index (χ1) is 13.5. The third-order valence-electron chi connectivity index (χ3n) is 5.00. The summed E-state index contributed by atoms with van der Waals surface area (Å²) in [5.41, 5.74) is 1.11. The van der Waals surface area contributed by atoms with Crippen molar-refractivity contribution in [3.8, 4) is 0 Å². The molecular weight excluding hydrogens is 390 g/mol. The van der Waals surface area contributed by atoms with Gasteiger partial charge in [-0.1, -0.05) is 23.7 Å². The lowest BCUT2D eigenvalue weighted by Crippen LogP contribution is -2.47. The van der Waals surface area contributed by atoms with Crippen molar-refractivity contribution in [3.63, 3.8) is 0 Å². The van der Waals surface area contributed by atoms with Crippen LogP contribution in [-0.4, -0.2) is 72.9 Å². The lowest BCUT2D eigenvalue weighted by atomic mass is 10.1. The number of fused-ring (bicyclic) bond motifs is 1. The second kappa shape index (κ2) is 9.22. The summed E-state index contributed by atoms with van der Waals surface area (Å²) >= 11 is 5.94. The number of hydrogen-bond acceptors (Lipinski definition) is 6. The van der Waals surface area contributed by atoms with E-state index in [9.17, 15) is 9.59 Å². The molecule has 0 bridgehead atoms. The average Bonchev–Trinajstić information content (AvgIpc) is 3.28. The molecule has 1 aromatic carbocycles. The molecule has 3 aliphatic heterocycles. The number of morpholine rings is 1. The number of carbonyl (C=O) groups excluding carboxylic acids is 2. The molecule has 0 radical (unpaired) electrons. The van der Waals surface area contributed by atoms with Gasteiger partial charge in [-0.05, 0) is 24.1 Å². The molecule has 3 fully saturated rings. The van der Waals surface area contributed by atoms with E-state index in [0.717, 1.165) is 25.1 Å². The van der Waals surface area contributed by atoms with Gasteiger partial charge in [0, 0.05) is 30.2 Å². The minimum atomic E-state index is -0.594. The molecule has 0 aliphatic carbocycles. The number of alkyl carbamates (subject to hydrolysis) is 1. The van der Waals surface area contributed by atoms with E-state index in [2.05, 4.69) is 15.5 Å². The van der Waals surface area contributed by atoms with Crippen LogP contribution in [0, 0.1) is 0 Å². The van der Waals surface area contributed by atoms with E-state index in [1.807, 2.05) is 24.3 Å². The van der Waals surface area contributed by atoms with Crippen LogP contribution in [0.15, 0.2) is 24.3 Å². The minimum Gasteiger partial charge on any atom is -0.483 e. The Hall–Kier alpha value is -2.36. The van der Waals surface area contributed by atoms with E-state index in [0.29, 0.717) is 17.7 Å². The van der Waals surface area contributed by atoms with Gasteiger partial charge in [-0.25, -0.2) is 4.79 Å². The molecule has 3 aliphatic rings. The zero-order valence-corrected chi connectivity index (χ0v) is 15.8. The molecule has 4 rings (SSSR count). The van der Waals surface area contributed by atoms with Crippen LogP contribution in [0.5, 0.6) is 0 Å². The smallest absolute Gasteiger partial charge is 0.407 e. The fourth-order valence-electron chi connectivity index (χ4n) is 3.69. The van der Waals surface area contributed by atoms with Crippen molar-refractivity contribution in [2.75, 3.05) is 26.3 Å². The monoisotopic (exact) mass is 411 g/mol. The van der Waals surface area contributed by atoms with Gasteiger partial charge in [0.2, 0.25) is 5.91 Å². The zero-order valence-electron chi connectivity index (χ0n) is 15.0. The van der Waals surface area contributed by atoms with Crippen LogP contribution in [0.4, 0.5) is 4.79 Å². The zero-order chi connectivity index (χ0) is 20.1. The molecular formula is C18H22ClN3O6. The van der Waals surface area contributed by atoms with Gasteiger partial charge in [-0.2, -0.15) is 0 Å². The molecule has 1 aromatic rings. The summed E-state index contributed by atoms with van der Waals surface area (Å²) in [6, 6.07) is 7.50. The molecule has 152 valence electrons. The van der Waals surface area contributed by atoms with E-state index in [-0.39, 0.29) is 31.1 Å². The van der Waals surface area contributed by atoms with Crippen molar-refractivity contribution in [2.24, 2.45) is 0 Å². The van der Waals surface area contributed by atoms with Gasteiger partial charge in [0.25, 0.3) is 6.47 Å². The summed E-state index contributed by atoms with van der Waals surface area (Å²) < 4.78 is 10.8. The molecule has 0 spiro atoms. The summed E-state index contributed by atoms with van der Waals surface area (Å²) in [6.45, 7) is 2.06. The summed E-state index contributed by atoms with van der Waals surface area (Å²) in [5.74, 6) is -0.189. The highest BCUT2D eigenvalue weighted by Crippen LogP contribution is 2.30. The summed E-state index contributed by atoms with van der Waals surface area (Å²) in [4.78, 5) is 34.0. The fraction of sp³-hybridized carbons (Fsp3) is 0.500. The number of rotatable bonds is 3. The number of carbonyl (C=O) groups is 3. The first-order valence-corrected chi connectivity index (χ1v) is 9.30. The first-order valence-electron chi connectivity index (χ1n) is 8.92. The molecule has 0 unspecified atom stereocenters. The molecule has 0 aromatic heterocycles. The molecule has 3 N–H and O–H groups in total. The maximum atomic E-state index is 12.2. The van der Waals surface area contributed by atoms with Crippen molar-refractivity contribution < 1.29 is 29.0 Å². The Labute approximate surface area is 166 Å². The van der Waals surface area contributed by atoms with E-state index >= 15 is 0 Å². The van der Waals surface area contributed by atoms with Crippen molar-refractivity contribution in [1.82, 2.24) is 15.5 Å². The van der Waals surface area contributed by atoms with Gasteiger partial charge >= 0.3 is 6.09 Å². The summed E-state index contributed by atoms with van der Waals surface area (Å²) in [5, 5.41) is 13.1. The number of nitrogens with zero attached hydrogens (tertiary/aromatic N) is 1. The normalized spacial score (nSPS) is 29.0. The van der Waals surface area contributed by atoms with Gasteiger partial charge < -0.3 is 25.2 Å². The number of nitrogens with one attached hydrogen (secondary N) is 2. The van der Waals surface area contributed by atoms with E-state index < -0.39 is 12.1 Å². The Morgan fingerprint density at radius 1 is 1.29 bits per heavy atom. The number of hydrogen-bond donors (Lipinski definition) is 3. The van der Waals surface area contributed by atoms with Crippen LogP contribution in [0.3, 0.4) is 0 Å². The van der Waals surface area contributed by atoms with Gasteiger partial charge in [-0.15, -0.1) is 0 Å². The Balaban J connectivity index is 0.000000706. The van der Waals surface area contributed by atoms with Gasteiger partial charge in [-0.3, -0.25) is 14.5 Å². The van der Waals surface area contributed by atoms with Crippen LogP contribution in [0.1, 0.15) is 18.1 Å². The Bertz CT molecular complexity index is 716. The predicted octanol–water partition coefficient (Wildman–Crippen LogP) is 0.780. The second-order valence-electron chi connectivity index (χ2n) is 6.82. The van der Waals surface area contributed by atoms with Crippen molar-refractivity contribution in [3.05, 3.63) is 34.9 Å². The van der Waals surface area contributed by atoms with Crippen LogP contribution < -0.4 is 10.6 Å². The highest BCUT2D eigenvalue weighted by atomic mass is 35.5. The lowest BCUT2D eigenvalue weighted by molar-refractivity contribution is -0.124. The molecule has 9 nitrogen and oxygen atoms in total. The average molecular weight is 412 g/mol. The van der Waals surface area contributed by atoms with Crippen molar-refractivity contribution >= 4 is 30.1 Å². The van der Waals surface area contributed by atoms with Crippen LogP contribution in [0.2, 0.25) is 5.02 Å². The van der Waals surface area contributed by atoms with Crippen molar-refractivity contribution in [1.29, 1.82) is 0 Å². The third kappa shape index (κ3) is 4.92. The maximum absolute atomic E-state index is 12.2. The molecule has 28 heavy (non-hydrogen) atoms. The SMILES string of the molecule is O=C1N[C@H](C(=O)N[C@H]2C[C@H]3CO[C@@H](c4ccc(Cl)cc4)CN3C2)CO1.O=CO. The molecule has 0 saturated carbocycles. The standard InChI is InChI=1S/C17H20ClN3O4.CH2O2/c18-11-3-1-10(2-4-11)15-7-21-6-12(5-13(21)8-24-15)19-16(22)14-9-25-17(23)20-14;2-1-3/h1-4,12-15H,5-9H2,(H,19,22)(H,20,23);1H,(H,2,3)/t12-,13-,14-,15+;/m0./s1. The molecule has 4 atom stereocenters. The lowest BCUT2D eigenvalue weighted by Gasteiger charge is -2.35. The largest absolute Gasteiger partial charge is 0.483 e. The van der Waals surface area contributed by atoms with E-state index in [1.165, 1.54) is 0 Å². The molecule has 2 amide bonds. The number of halogens is 1. The van der Waals surface area contributed by atoms with E-state index in [1.54, 1.807) is 0 Å². The number of cyclic esters (lactones) is 1. The van der Waals surface area contributed by atoms with Gasteiger partial charge in [0.1, 0.15) is 12.6 Å². The predicted molar refractivity (Wildman–Crippen MR) is 99.0 cm³/mol. The second-order valence-corrected chi connectivity index (χ2v) is 7.26. The van der Waals surface area contributed by atoms with Crippen LogP contribution in [0.25, 0.3) is 0 Å². The Morgan fingerprint density at radius 2 is 2.00 bits per heavy atom. The summed E-state index contributed by atoms with van der Waals surface area (Å²) in [7, 11) is 0. The topological polar surface area (TPSA) is 117 Å². The molecule has 3 heterocycles. The van der Waals surface area contributed by atoms with Crippen molar-refractivity contribution in [2.45, 2.75) is 30.7 Å². The fourth-order valence-corrected chi connectivity index (χ4v) is 3.81. The highest BCUT2D eigenvalue weighted by molar-refractivity contribution is 6.30. The molecule has 10 heteroatoms. The summed E-state index contributed by atoms with van der Waals surface area (Å²) in [6.07, 6.45) is 0.328. The minimum absolute atomic E-state index is 0.0190. The van der Waals surface area contributed by atoms with E-state index in [4.69, 9.17) is 31.0 Å². The van der Waals surface area contributed by atoms with Crippen LogP contribution >= 0.6 is 11.6 Å². The molecule has 3 saturated heterocycles. The number of benzene rings is 1. The maximum Gasteiger partial charge on any atom is 0.407 e. The van der Waals surface area contributed by atoms with Gasteiger partial charge in [0.05, 0.1) is 12.7 Å². The van der Waals surface area contributed by atoms with Crippen LogP contribution in [-0.2, 0) is 19.1 Å². The first kappa shape index (κ1) is 20.4. The third-order valence-corrected chi connectivity index (χ3v) is 5.25. The quantitative estimate of drug-likeness (QED) is 0.629. The highest BCUT2D eigenvalue weighted by Gasteiger charge is 2.39. The Morgan fingerprint density at radius 3 is 2.64 bits per heavy atom. The number of ether oxygens (including phenoxy) is 2.